The number of hydrogen-bond donors (Lipinski definition) is 2. The first kappa shape index (κ1) is 18.9. The van der Waals surface area contributed by atoms with Gasteiger partial charge in [-0.25, -0.2) is 9.97 Å². The molecule has 3 heterocycles. The molecule has 0 saturated carbocycles. The molecule has 1 amide bonds. The highest BCUT2D eigenvalue weighted by Crippen LogP contribution is 2.21. The molecule has 2 N–H and O–H groups in total. The van der Waals surface area contributed by atoms with E-state index in [1.54, 1.807) is 23.7 Å². The fourth-order valence-corrected chi connectivity index (χ4v) is 3.63. The van der Waals surface area contributed by atoms with Crippen molar-refractivity contribution < 1.29 is 4.79 Å². The number of nitrogens with zero attached hydrogens (tertiary/aromatic N) is 3. The molecule has 0 atom stereocenters. The summed E-state index contributed by atoms with van der Waals surface area (Å²) in [7, 11) is 1.86. The van der Waals surface area contributed by atoms with Gasteiger partial charge in [0, 0.05) is 49.9 Å². The molecule has 1 aromatic carbocycles. The van der Waals surface area contributed by atoms with Crippen molar-refractivity contribution in [3.05, 3.63) is 88.6 Å². The van der Waals surface area contributed by atoms with Crippen molar-refractivity contribution in [1.29, 1.82) is 0 Å². The van der Waals surface area contributed by atoms with Gasteiger partial charge in [0.1, 0.15) is 5.69 Å². The van der Waals surface area contributed by atoms with Gasteiger partial charge in [-0.05, 0) is 34.0 Å². The Morgan fingerprint density at radius 3 is 2.55 bits per heavy atom. The molecule has 0 unspecified atom stereocenters. The molecular weight excluding hydrogens is 382 g/mol. The summed E-state index contributed by atoms with van der Waals surface area (Å²) in [5, 5.41) is 10.2. The zero-order chi connectivity index (χ0) is 20.1. The number of rotatable bonds is 7. The van der Waals surface area contributed by atoms with Crippen molar-refractivity contribution in [3.63, 3.8) is 0 Å². The summed E-state index contributed by atoms with van der Waals surface area (Å²) in [6, 6.07) is 14.0. The van der Waals surface area contributed by atoms with E-state index in [0.717, 1.165) is 16.7 Å². The van der Waals surface area contributed by atoms with E-state index < -0.39 is 0 Å². The minimum atomic E-state index is -0.105. The Bertz CT molecular complexity index is 1070. The van der Waals surface area contributed by atoms with Crippen LogP contribution in [0, 0.1) is 0 Å². The molecule has 0 spiro atoms. The molecule has 4 rings (SSSR count). The van der Waals surface area contributed by atoms with Gasteiger partial charge in [-0.3, -0.25) is 4.79 Å². The lowest BCUT2D eigenvalue weighted by Gasteiger charge is -2.05. The maximum absolute atomic E-state index is 12.5. The summed E-state index contributed by atoms with van der Waals surface area (Å²) >= 11 is 1.62. The molecule has 0 radical (unpaired) electrons. The van der Waals surface area contributed by atoms with Crippen molar-refractivity contribution in [3.8, 4) is 11.1 Å². The van der Waals surface area contributed by atoms with Crippen molar-refractivity contribution in [2.75, 3.05) is 5.32 Å². The predicted octanol–water partition coefficient (Wildman–Crippen LogP) is 4.09. The van der Waals surface area contributed by atoms with Crippen molar-refractivity contribution >= 4 is 23.2 Å². The van der Waals surface area contributed by atoms with Crippen LogP contribution in [0.3, 0.4) is 0 Å². The smallest absolute Gasteiger partial charge is 0.268 e. The molecule has 7 heteroatoms. The van der Waals surface area contributed by atoms with Crippen LogP contribution in [0.2, 0.25) is 0 Å². The van der Waals surface area contributed by atoms with Gasteiger partial charge in [0.2, 0.25) is 5.95 Å². The second-order valence-electron chi connectivity index (χ2n) is 6.67. The number of aromatic nitrogens is 3. The Hall–Kier alpha value is -3.45. The lowest BCUT2D eigenvalue weighted by Crippen LogP contribution is -2.24. The third-order valence-electron chi connectivity index (χ3n) is 4.55. The van der Waals surface area contributed by atoms with Crippen molar-refractivity contribution in [2.24, 2.45) is 7.05 Å². The van der Waals surface area contributed by atoms with Gasteiger partial charge < -0.3 is 15.2 Å². The molecule has 0 aliphatic heterocycles. The summed E-state index contributed by atoms with van der Waals surface area (Å²) < 4.78 is 1.82. The van der Waals surface area contributed by atoms with E-state index in [1.807, 2.05) is 58.9 Å². The zero-order valence-corrected chi connectivity index (χ0v) is 16.8. The molecule has 0 saturated heterocycles. The number of carbonyl (C=O) groups is 1. The highest BCUT2D eigenvalue weighted by Gasteiger charge is 2.13. The molecule has 6 nitrogen and oxygen atoms in total. The Kier molecular flexibility index (Phi) is 5.67. The van der Waals surface area contributed by atoms with E-state index in [-0.39, 0.29) is 5.91 Å². The monoisotopic (exact) mass is 403 g/mol. The summed E-state index contributed by atoms with van der Waals surface area (Å²) in [4.78, 5) is 21.3. The van der Waals surface area contributed by atoms with Gasteiger partial charge >= 0.3 is 0 Å². The molecule has 0 bridgehead atoms. The van der Waals surface area contributed by atoms with Crippen LogP contribution in [0.25, 0.3) is 11.1 Å². The van der Waals surface area contributed by atoms with Crippen LogP contribution in [-0.2, 0) is 20.1 Å². The number of amides is 1. The van der Waals surface area contributed by atoms with E-state index in [9.17, 15) is 4.79 Å². The fraction of sp³-hybridized carbons (Fsp3) is 0.136. The second-order valence-corrected chi connectivity index (χ2v) is 7.45. The summed E-state index contributed by atoms with van der Waals surface area (Å²) in [6.07, 6.45) is 5.45. The Morgan fingerprint density at radius 2 is 1.83 bits per heavy atom. The predicted molar refractivity (Wildman–Crippen MR) is 116 cm³/mol. The van der Waals surface area contributed by atoms with Crippen LogP contribution >= 0.6 is 11.3 Å². The maximum Gasteiger partial charge on any atom is 0.268 e. The fourth-order valence-electron chi connectivity index (χ4n) is 2.96. The van der Waals surface area contributed by atoms with Gasteiger partial charge in [0.15, 0.2) is 0 Å². The number of thiophene rings is 1. The molecule has 29 heavy (non-hydrogen) atoms. The van der Waals surface area contributed by atoms with Gasteiger partial charge in [0.25, 0.3) is 5.91 Å². The van der Waals surface area contributed by atoms with Crippen LogP contribution in [0.1, 0.15) is 21.6 Å². The largest absolute Gasteiger partial charge is 0.350 e. The van der Waals surface area contributed by atoms with E-state index in [4.69, 9.17) is 0 Å². The number of carbonyl (C=O) groups excluding carboxylic acids is 1. The molecule has 146 valence electrons. The quantitative estimate of drug-likeness (QED) is 0.488. The van der Waals surface area contributed by atoms with Crippen LogP contribution in [0.5, 0.6) is 0 Å². The Balaban J connectivity index is 1.40. The SMILES string of the molecule is Cn1cc(-c2cnc(NCc3ccccc3)nc2)cc1C(=O)NCc1ccsc1. The van der Waals surface area contributed by atoms with Crippen molar-refractivity contribution in [1.82, 2.24) is 19.9 Å². The molecule has 4 aromatic rings. The maximum atomic E-state index is 12.5. The Morgan fingerprint density at radius 1 is 1.03 bits per heavy atom. The first-order valence-corrected chi connectivity index (χ1v) is 10.2. The molecule has 0 fully saturated rings. The molecular formula is C22H21N5OS. The van der Waals surface area contributed by atoms with E-state index in [1.165, 1.54) is 5.56 Å². The summed E-state index contributed by atoms with van der Waals surface area (Å²) in [5.41, 5.74) is 4.64. The minimum absolute atomic E-state index is 0.105. The Labute approximate surface area is 173 Å². The topological polar surface area (TPSA) is 71.8 Å². The van der Waals surface area contributed by atoms with Crippen LogP contribution in [0.15, 0.2) is 71.8 Å². The standard InChI is InChI=1S/C22H21N5OS/c1-27-14-18(9-20(27)21(28)23-11-17-7-8-29-15-17)19-12-25-22(26-13-19)24-10-16-5-3-2-4-6-16/h2-9,12-15H,10-11H2,1H3,(H,23,28)(H,24,25,26). The molecule has 3 aromatic heterocycles. The van der Waals surface area contributed by atoms with Crippen LogP contribution < -0.4 is 10.6 Å². The highest BCUT2D eigenvalue weighted by atomic mass is 32.1. The van der Waals surface area contributed by atoms with Gasteiger partial charge in [-0.15, -0.1) is 0 Å². The van der Waals surface area contributed by atoms with Gasteiger partial charge in [-0.2, -0.15) is 11.3 Å². The summed E-state index contributed by atoms with van der Waals surface area (Å²) in [6.45, 7) is 1.19. The average Bonchev–Trinajstić information content (AvgIpc) is 3.41. The van der Waals surface area contributed by atoms with Crippen LogP contribution in [-0.4, -0.2) is 20.4 Å². The normalized spacial score (nSPS) is 10.7. The summed E-state index contributed by atoms with van der Waals surface area (Å²) in [5.74, 6) is 0.467. The first-order valence-electron chi connectivity index (χ1n) is 9.25. The first-order chi connectivity index (χ1) is 14.2. The van der Waals surface area contributed by atoms with Gasteiger partial charge in [0.05, 0.1) is 0 Å². The third kappa shape index (κ3) is 4.70. The lowest BCUT2D eigenvalue weighted by molar-refractivity contribution is 0.0943. The molecule has 0 aliphatic rings. The van der Waals surface area contributed by atoms with Crippen molar-refractivity contribution in [2.45, 2.75) is 13.1 Å². The molecule has 0 aliphatic carbocycles. The number of anilines is 1. The number of aryl methyl sites for hydroxylation is 1. The number of benzene rings is 1. The van der Waals surface area contributed by atoms with E-state index >= 15 is 0 Å². The van der Waals surface area contributed by atoms with E-state index in [0.29, 0.717) is 24.7 Å². The number of nitrogens with one attached hydrogen (secondary N) is 2. The van der Waals surface area contributed by atoms with Gasteiger partial charge in [-0.1, -0.05) is 30.3 Å². The minimum Gasteiger partial charge on any atom is -0.350 e. The number of hydrogen-bond acceptors (Lipinski definition) is 5. The zero-order valence-electron chi connectivity index (χ0n) is 16.0. The third-order valence-corrected chi connectivity index (χ3v) is 5.28. The lowest BCUT2D eigenvalue weighted by atomic mass is 10.2. The second kappa shape index (κ2) is 8.70. The van der Waals surface area contributed by atoms with E-state index in [2.05, 4.69) is 32.7 Å². The van der Waals surface area contributed by atoms with Crippen LogP contribution in [0.4, 0.5) is 5.95 Å². The average molecular weight is 404 g/mol. The highest BCUT2D eigenvalue weighted by molar-refractivity contribution is 7.07.